The van der Waals surface area contributed by atoms with E-state index in [0.717, 1.165) is 71.7 Å². The van der Waals surface area contributed by atoms with Crippen molar-refractivity contribution in [1.29, 1.82) is 0 Å². The second kappa shape index (κ2) is 10.8. The number of rotatable bonds is 8. The highest BCUT2D eigenvalue weighted by Crippen LogP contribution is 2.69. The summed E-state index contributed by atoms with van der Waals surface area (Å²) in [6, 6.07) is 19.6. The third-order valence-electron chi connectivity index (χ3n) is 14.4. The summed E-state index contributed by atoms with van der Waals surface area (Å²) in [5.41, 5.74) is 4.26. The van der Waals surface area contributed by atoms with E-state index in [4.69, 9.17) is 9.97 Å². The lowest BCUT2D eigenvalue weighted by Crippen LogP contribution is -2.56. The van der Waals surface area contributed by atoms with Gasteiger partial charge in [-0.2, -0.15) is 0 Å². The lowest BCUT2D eigenvalue weighted by molar-refractivity contribution is 0.227. The molecule has 3 saturated carbocycles. The molecular formula is C40H48N4O4S2. The van der Waals surface area contributed by atoms with Crippen molar-refractivity contribution in [2.45, 2.75) is 114 Å². The summed E-state index contributed by atoms with van der Waals surface area (Å²) < 4.78 is 63.3. The molecule has 0 radical (unpaired) electrons. The number of hydrogen-bond acceptors (Lipinski definition) is 6. The van der Waals surface area contributed by atoms with Crippen LogP contribution in [0.25, 0.3) is 21.8 Å². The molecule has 2 N–H and O–H groups in total. The normalized spacial score (nSPS) is 32.1. The maximum atomic E-state index is 14.3. The molecule has 0 spiro atoms. The van der Waals surface area contributed by atoms with Crippen LogP contribution in [0.2, 0.25) is 0 Å². The minimum atomic E-state index is -3.81. The van der Waals surface area contributed by atoms with Crippen molar-refractivity contribution < 1.29 is 16.8 Å². The molecule has 0 amide bonds. The van der Waals surface area contributed by atoms with Gasteiger partial charge >= 0.3 is 0 Å². The third-order valence-corrected chi connectivity index (χ3v) is 17.5. The molecule has 5 aliphatic rings. The van der Waals surface area contributed by atoms with E-state index in [1.165, 1.54) is 11.1 Å². The van der Waals surface area contributed by atoms with Crippen LogP contribution in [0.15, 0.2) is 60.7 Å². The Bertz CT molecular complexity index is 2130. The van der Waals surface area contributed by atoms with Crippen LogP contribution < -0.4 is 9.44 Å². The summed E-state index contributed by atoms with van der Waals surface area (Å²) >= 11 is 0. The molecule has 8 nitrogen and oxygen atoms in total. The average molecular weight is 713 g/mol. The van der Waals surface area contributed by atoms with Crippen molar-refractivity contribution >= 4 is 41.9 Å². The second-order valence-electron chi connectivity index (χ2n) is 17.3. The topological polar surface area (TPSA) is 118 Å². The van der Waals surface area contributed by atoms with Crippen molar-refractivity contribution in [1.82, 2.24) is 19.4 Å². The number of pyridine rings is 2. The summed E-state index contributed by atoms with van der Waals surface area (Å²) in [7, 11) is -7.62. The number of para-hydroxylation sites is 2. The number of hydrogen-bond donors (Lipinski definition) is 2. The van der Waals surface area contributed by atoms with E-state index in [9.17, 15) is 16.8 Å². The number of nitrogens with one attached hydrogen (secondary N) is 2. The van der Waals surface area contributed by atoms with Gasteiger partial charge in [0.2, 0.25) is 20.0 Å². The van der Waals surface area contributed by atoms with Gasteiger partial charge in [0.05, 0.1) is 33.9 Å². The Balaban J connectivity index is 0.983. The van der Waals surface area contributed by atoms with Gasteiger partial charge in [-0.15, -0.1) is 0 Å². The van der Waals surface area contributed by atoms with Crippen LogP contribution in [0.3, 0.4) is 0 Å². The third kappa shape index (κ3) is 4.59. The van der Waals surface area contributed by atoms with E-state index >= 15 is 0 Å². The van der Waals surface area contributed by atoms with Gasteiger partial charge in [0.1, 0.15) is 0 Å². The van der Waals surface area contributed by atoms with Gasteiger partial charge in [0.25, 0.3) is 0 Å². The molecule has 264 valence electrons. The molecule has 0 aliphatic heterocycles. The first-order valence-corrected chi connectivity index (χ1v) is 21.8. The average Bonchev–Trinajstić information content (AvgIpc) is 3.59. The number of sulfonamides is 2. The minimum Gasteiger partial charge on any atom is -0.252 e. The molecule has 9 rings (SSSR count). The zero-order valence-corrected chi connectivity index (χ0v) is 31.1. The predicted octanol–water partition coefficient (Wildman–Crippen LogP) is 6.94. The van der Waals surface area contributed by atoms with Gasteiger partial charge in [-0.05, 0) is 96.6 Å². The Morgan fingerprint density at radius 1 is 0.620 bits per heavy atom. The largest absolute Gasteiger partial charge is 0.252 e. The number of benzene rings is 2. The van der Waals surface area contributed by atoms with Gasteiger partial charge < -0.3 is 0 Å². The van der Waals surface area contributed by atoms with Crippen LogP contribution in [-0.4, -0.2) is 50.4 Å². The fraction of sp³-hybridized carbons (Fsp3) is 0.550. The van der Waals surface area contributed by atoms with Crippen molar-refractivity contribution in [3.63, 3.8) is 0 Å². The fourth-order valence-corrected chi connectivity index (χ4v) is 15.8. The Hall–Kier alpha value is -2.92. The zero-order valence-electron chi connectivity index (χ0n) is 29.5. The van der Waals surface area contributed by atoms with Crippen molar-refractivity contribution in [3.05, 3.63) is 83.2 Å². The molecule has 5 aliphatic carbocycles. The molecule has 50 heavy (non-hydrogen) atoms. The standard InChI is InChI=1S/C40H48N4O4S2/c1-37(2)29-17-19-39(37,35-27(29)21-25-11-5-7-13-31(25)41-35)23-49(45,46)43-33-15-9-10-16-34(33)44-50(47,48)24-40-20-18-30(38(40,3)4)28-22-26-12-6-8-14-32(26)42-36(28)40/h5-8,11-14,21-22,29-30,33-34,43-44H,9-10,15-20,23-24H2,1-4H3/t29-,30-,33-,34+,39-,40-/m1/s1. The van der Waals surface area contributed by atoms with Crippen LogP contribution in [-0.2, 0) is 30.9 Å². The number of nitrogens with zero attached hydrogens (tertiary/aromatic N) is 2. The van der Waals surface area contributed by atoms with Crippen molar-refractivity contribution in [3.8, 4) is 0 Å². The Morgan fingerprint density at radius 2 is 1.02 bits per heavy atom. The highest BCUT2D eigenvalue weighted by Gasteiger charge is 2.66. The van der Waals surface area contributed by atoms with Gasteiger partial charge in [-0.25, -0.2) is 26.3 Å². The molecule has 2 heterocycles. The smallest absolute Gasteiger partial charge is 0.212 e. The van der Waals surface area contributed by atoms with E-state index < -0.39 is 43.0 Å². The molecule has 3 fully saturated rings. The van der Waals surface area contributed by atoms with Crippen LogP contribution in [0.4, 0.5) is 0 Å². The first-order valence-electron chi connectivity index (χ1n) is 18.5. The fourth-order valence-electron chi connectivity index (χ4n) is 11.6. The van der Waals surface area contributed by atoms with E-state index in [1.54, 1.807) is 0 Å². The zero-order chi connectivity index (χ0) is 34.9. The van der Waals surface area contributed by atoms with E-state index in [2.05, 4.69) is 61.4 Å². The van der Waals surface area contributed by atoms with Crippen LogP contribution in [0.5, 0.6) is 0 Å². The van der Waals surface area contributed by atoms with Gasteiger partial charge in [-0.3, -0.25) is 9.97 Å². The first kappa shape index (κ1) is 33.0. The molecule has 6 atom stereocenters. The highest BCUT2D eigenvalue weighted by atomic mass is 32.2. The maximum absolute atomic E-state index is 14.3. The number of aromatic nitrogens is 2. The van der Waals surface area contributed by atoms with E-state index in [1.807, 2.05) is 36.4 Å². The predicted molar refractivity (Wildman–Crippen MR) is 198 cm³/mol. The van der Waals surface area contributed by atoms with Crippen LogP contribution >= 0.6 is 0 Å². The molecule has 0 saturated heterocycles. The SMILES string of the molecule is CC1(C)[C@@H]2CC[C@@]1(CS(=O)(=O)N[C@H]1CCCC[C@H]1NS(=O)(=O)C[C@]13CC[C@H](c4cc5ccccc5nc41)C3(C)C)c1nc3ccccc3cc12. The quantitative estimate of drug-likeness (QED) is 0.204. The summed E-state index contributed by atoms with van der Waals surface area (Å²) in [4.78, 5) is 10.2. The molecule has 10 heteroatoms. The summed E-state index contributed by atoms with van der Waals surface area (Å²) in [6.45, 7) is 8.82. The van der Waals surface area contributed by atoms with Gasteiger partial charge in [-0.1, -0.05) is 76.9 Å². The van der Waals surface area contributed by atoms with E-state index in [0.29, 0.717) is 12.8 Å². The summed E-state index contributed by atoms with van der Waals surface area (Å²) in [6.07, 6.45) is 6.32. The highest BCUT2D eigenvalue weighted by molar-refractivity contribution is 7.89. The summed E-state index contributed by atoms with van der Waals surface area (Å²) in [5, 5.41) is 2.17. The Labute approximate surface area is 296 Å². The summed E-state index contributed by atoms with van der Waals surface area (Å²) in [5.74, 6) is 0.414. The minimum absolute atomic E-state index is 0.0487. The molecular weight excluding hydrogens is 665 g/mol. The first-order chi connectivity index (χ1) is 23.7. The van der Waals surface area contributed by atoms with Crippen molar-refractivity contribution in [2.75, 3.05) is 11.5 Å². The monoisotopic (exact) mass is 712 g/mol. The molecule has 4 aromatic rings. The van der Waals surface area contributed by atoms with Gasteiger partial charge in [0.15, 0.2) is 0 Å². The Kier molecular flexibility index (Phi) is 7.12. The molecule has 0 unspecified atom stereocenters. The van der Waals surface area contributed by atoms with E-state index in [-0.39, 0.29) is 34.2 Å². The van der Waals surface area contributed by atoms with Crippen LogP contribution in [0, 0.1) is 10.8 Å². The second-order valence-corrected chi connectivity index (χ2v) is 20.8. The van der Waals surface area contributed by atoms with Crippen LogP contribution in [0.1, 0.15) is 113 Å². The molecule has 2 aromatic heterocycles. The van der Waals surface area contributed by atoms with Gasteiger partial charge in [0, 0.05) is 33.7 Å². The van der Waals surface area contributed by atoms with Crippen molar-refractivity contribution in [2.24, 2.45) is 10.8 Å². The molecule has 2 aromatic carbocycles. The maximum Gasteiger partial charge on any atom is 0.212 e. The molecule has 4 bridgehead atoms. The Morgan fingerprint density at radius 3 is 1.44 bits per heavy atom. The number of fused-ring (bicyclic) bond motifs is 12. The lowest BCUT2D eigenvalue weighted by atomic mass is 9.70. The lowest BCUT2D eigenvalue weighted by Gasteiger charge is -2.40.